The standard InChI is InChI=1S/C11H9NO3S2.2Na/c13-9(16)5-6(11(14)17)10-12-7-3-1-2-4-8(7)15-10;;/h1-4,6H,5H2,(H,13,16)(H,14,17);;/q;2*+1/p-2. The molecular formula is C11H7NNa2O3S2. The second-order valence-electron chi connectivity index (χ2n) is 3.47. The van der Waals surface area contributed by atoms with Gasteiger partial charge in [-0.15, -0.1) is 24.4 Å². The molecule has 19 heavy (non-hydrogen) atoms. The normalized spacial score (nSPS) is 11.2. The third kappa shape index (κ3) is 5.06. The van der Waals surface area contributed by atoms with Crippen molar-refractivity contribution in [1.29, 1.82) is 0 Å². The predicted molar refractivity (Wildman–Crippen MR) is 66.6 cm³/mol. The van der Waals surface area contributed by atoms with E-state index in [4.69, 9.17) is 4.42 Å². The van der Waals surface area contributed by atoms with Gasteiger partial charge in [0.2, 0.25) is 5.89 Å². The summed E-state index contributed by atoms with van der Waals surface area (Å²) in [5.41, 5.74) is 1.18. The van der Waals surface area contributed by atoms with Crippen LogP contribution in [-0.2, 0) is 0 Å². The van der Waals surface area contributed by atoms with Crippen LogP contribution in [0.5, 0.6) is 0 Å². The summed E-state index contributed by atoms with van der Waals surface area (Å²) in [6.07, 6.45) is -0.148. The summed E-state index contributed by atoms with van der Waals surface area (Å²) in [6.45, 7) is 0. The van der Waals surface area contributed by atoms with Crippen molar-refractivity contribution < 1.29 is 73.7 Å². The van der Waals surface area contributed by atoms with Gasteiger partial charge in [0.1, 0.15) is 5.52 Å². The minimum absolute atomic E-state index is 0. The molecule has 2 aromatic rings. The molecule has 1 heterocycles. The molecule has 0 aliphatic heterocycles. The van der Waals surface area contributed by atoms with Crippen LogP contribution in [0.1, 0.15) is 18.2 Å². The third-order valence-electron chi connectivity index (χ3n) is 2.26. The minimum atomic E-state index is -0.859. The number of nitrogens with zero attached hydrogens (tertiary/aromatic N) is 1. The maximum absolute atomic E-state index is 11.3. The van der Waals surface area contributed by atoms with E-state index in [0.29, 0.717) is 11.1 Å². The molecule has 2 rings (SSSR count). The first-order valence-corrected chi connectivity index (χ1v) is 5.65. The molecule has 1 atom stereocenters. The van der Waals surface area contributed by atoms with E-state index < -0.39 is 16.0 Å². The molecule has 0 saturated heterocycles. The Morgan fingerprint density at radius 3 is 2.37 bits per heavy atom. The number of thiocarbonyl (C=S) groups is 2. The zero-order chi connectivity index (χ0) is 12.4. The van der Waals surface area contributed by atoms with Crippen LogP contribution in [-0.4, -0.2) is 15.1 Å². The van der Waals surface area contributed by atoms with E-state index in [-0.39, 0.29) is 71.4 Å². The van der Waals surface area contributed by atoms with Crippen LogP contribution < -0.4 is 69.3 Å². The summed E-state index contributed by atoms with van der Waals surface area (Å²) in [5, 5.41) is 21.0. The van der Waals surface area contributed by atoms with Gasteiger partial charge in [-0.1, -0.05) is 22.2 Å². The van der Waals surface area contributed by atoms with Gasteiger partial charge >= 0.3 is 59.1 Å². The molecule has 0 saturated carbocycles. The molecule has 0 bridgehead atoms. The summed E-state index contributed by atoms with van der Waals surface area (Å²) in [4.78, 5) is 4.13. The second kappa shape index (κ2) is 8.69. The summed E-state index contributed by atoms with van der Waals surface area (Å²) in [5.74, 6) is -0.702. The van der Waals surface area contributed by atoms with E-state index in [1.807, 2.05) is 0 Å². The van der Waals surface area contributed by atoms with E-state index in [1.54, 1.807) is 24.3 Å². The Morgan fingerprint density at radius 1 is 1.21 bits per heavy atom. The van der Waals surface area contributed by atoms with Gasteiger partial charge in [0.25, 0.3) is 0 Å². The van der Waals surface area contributed by atoms with Gasteiger partial charge in [-0.2, -0.15) is 0 Å². The summed E-state index contributed by atoms with van der Waals surface area (Å²) >= 11 is 9.02. The number of hydrogen-bond acceptors (Lipinski definition) is 6. The average Bonchev–Trinajstić information content (AvgIpc) is 2.68. The largest absolute Gasteiger partial charge is 1.00 e. The van der Waals surface area contributed by atoms with Crippen LogP contribution in [0.2, 0.25) is 0 Å². The summed E-state index contributed by atoms with van der Waals surface area (Å²) in [7, 11) is 0. The Bertz CT molecular complexity index is 555. The quantitative estimate of drug-likeness (QED) is 0.415. The first kappa shape index (κ1) is 19.5. The maximum atomic E-state index is 11.3. The van der Waals surface area contributed by atoms with Gasteiger partial charge in [0.15, 0.2) is 5.58 Å². The number of fused-ring (bicyclic) bond motifs is 1. The molecule has 0 amide bonds. The van der Waals surface area contributed by atoms with Gasteiger partial charge in [-0.05, 0) is 18.6 Å². The van der Waals surface area contributed by atoms with E-state index in [9.17, 15) is 10.2 Å². The van der Waals surface area contributed by atoms with Crippen molar-refractivity contribution in [3.05, 3.63) is 30.2 Å². The van der Waals surface area contributed by atoms with Gasteiger partial charge < -0.3 is 14.6 Å². The van der Waals surface area contributed by atoms with E-state index in [2.05, 4.69) is 29.4 Å². The zero-order valence-corrected chi connectivity index (χ0v) is 16.2. The molecule has 0 radical (unpaired) electrons. The van der Waals surface area contributed by atoms with Crippen molar-refractivity contribution in [3.63, 3.8) is 0 Å². The average molecular weight is 311 g/mol. The molecule has 0 N–H and O–H groups in total. The third-order valence-corrected chi connectivity index (χ3v) is 2.72. The molecule has 0 aliphatic rings. The fourth-order valence-electron chi connectivity index (χ4n) is 1.48. The molecule has 88 valence electrons. The predicted octanol–water partition coefficient (Wildman–Crippen LogP) is -5.32. The van der Waals surface area contributed by atoms with E-state index in [1.165, 1.54) is 0 Å². The molecule has 0 spiro atoms. The smallest absolute Gasteiger partial charge is 0.867 e. The molecule has 1 aromatic carbocycles. The van der Waals surface area contributed by atoms with Crippen molar-refractivity contribution >= 4 is 45.6 Å². The Morgan fingerprint density at radius 2 is 1.84 bits per heavy atom. The molecule has 0 fully saturated rings. The number of oxazole rings is 1. The monoisotopic (exact) mass is 311 g/mol. The molecule has 4 nitrogen and oxygen atoms in total. The van der Waals surface area contributed by atoms with Crippen LogP contribution >= 0.6 is 24.4 Å². The number of benzene rings is 1. The maximum Gasteiger partial charge on any atom is 1.00 e. The van der Waals surface area contributed by atoms with Crippen LogP contribution in [0.15, 0.2) is 28.7 Å². The molecular weight excluding hydrogens is 304 g/mol. The molecule has 8 heteroatoms. The van der Waals surface area contributed by atoms with E-state index >= 15 is 0 Å². The topological polar surface area (TPSA) is 72.2 Å². The van der Waals surface area contributed by atoms with Gasteiger partial charge in [0, 0.05) is 0 Å². The van der Waals surface area contributed by atoms with Crippen molar-refractivity contribution in [1.82, 2.24) is 4.98 Å². The first-order valence-electron chi connectivity index (χ1n) is 4.84. The summed E-state index contributed by atoms with van der Waals surface area (Å²) in [6, 6.07) is 7.08. The van der Waals surface area contributed by atoms with Gasteiger partial charge in [0.05, 0.1) is 5.92 Å². The fraction of sp³-hybridized carbons (Fsp3) is 0.182. The number of para-hydroxylation sites is 2. The van der Waals surface area contributed by atoms with Gasteiger partial charge in [-0.3, -0.25) is 0 Å². The number of hydrogen-bond donors (Lipinski definition) is 0. The van der Waals surface area contributed by atoms with Crippen molar-refractivity contribution in [3.8, 4) is 0 Å². The van der Waals surface area contributed by atoms with Crippen molar-refractivity contribution in [2.45, 2.75) is 12.3 Å². The number of aromatic nitrogens is 1. The van der Waals surface area contributed by atoms with Crippen LogP contribution in [0.4, 0.5) is 0 Å². The van der Waals surface area contributed by atoms with Crippen LogP contribution in [0.25, 0.3) is 11.1 Å². The molecule has 1 aromatic heterocycles. The fourth-order valence-corrected chi connectivity index (χ4v) is 1.83. The summed E-state index contributed by atoms with van der Waals surface area (Å²) < 4.78 is 5.40. The minimum Gasteiger partial charge on any atom is -0.867 e. The van der Waals surface area contributed by atoms with Crippen LogP contribution in [0, 0.1) is 0 Å². The van der Waals surface area contributed by atoms with Gasteiger partial charge in [-0.25, -0.2) is 4.98 Å². The van der Waals surface area contributed by atoms with Crippen molar-refractivity contribution in [2.24, 2.45) is 0 Å². The van der Waals surface area contributed by atoms with E-state index in [0.717, 1.165) is 0 Å². The Balaban J connectivity index is 0.00000162. The van der Waals surface area contributed by atoms with Crippen molar-refractivity contribution in [2.75, 3.05) is 0 Å². The van der Waals surface area contributed by atoms with Crippen LogP contribution in [0.3, 0.4) is 0 Å². The second-order valence-corrected chi connectivity index (χ2v) is 4.33. The first-order chi connectivity index (χ1) is 8.08. The number of rotatable bonds is 4. The Labute approximate surface area is 165 Å². The molecule has 1 unspecified atom stereocenters. The SMILES string of the molecule is [Na+].[Na+].[O-]C(=S)CC(C([O-])=S)c1nc2ccccc2o1. The molecule has 0 aliphatic carbocycles. The Kier molecular flexibility index (Phi) is 8.90. The Hall–Kier alpha value is 0.470. The zero-order valence-electron chi connectivity index (χ0n) is 10.6.